The second kappa shape index (κ2) is 13.5. The van der Waals surface area contributed by atoms with Crippen molar-refractivity contribution < 1.29 is 33.7 Å². The van der Waals surface area contributed by atoms with Gasteiger partial charge in [0.05, 0.1) is 29.9 Å². The van der Waals surface area contributed by atoms with E-state index in [1.54, 1.807) is 29.9 Å². The highest BCUT2D eigenvalue weighted by atomic mass is 32.2. The van der Waals surface area contributed by atoms with Gasteiger partial charge in [0.25, 0.3) is 5.91 Å². The summed E-state index contributed by atoms with van der Waals surface area (Å²) in [5.41, 5.74) is 4.28. The van der Waals surface area contributed by atoms with Crippen LogP contribution in [0, 0.1) is 0 Å². The van der Waals surface area contributed by atoms with Crippen molar-refractivity contribution in [3.63, 3.8) is 0 Å². The van der Waals surface area contributed by atoms with Crippen LogP contribution in [-0.2, 0) is 27.9 Å². The van der Waals surface area contributed by atoms with Crippen LogP contribution in [0.25, 0.3) is 0 Å². The van der Waals surface area contributed by atoms with Crippen molar-refractivity contribution in [2.45, 2.75) is 36.2 Å². The van der Waals surface area contributed by atoms with E-state index in [1.165, 1.54) is 30.0 Å². The Bertz CT molecular complexity index is 1990. The van der Waals surface area contributed by atoms with Gasteiger partial charge in [0, 0.05) is 35.5 Å². The highest BCUT2D eigenvalue weighted by Gasteiger charge is 2.42. The van der Waals surface area contributed by atoms with Crippen LogP contribution in [-0.4, -0.2) is 55.0 Å². The number of tetrazole rings is 1. The Balaban J connectivity index is 1.20. The number of nitrogens with zero attached hydrogens (tertiary/aromatic N) is 4. The number of aryl methyl sites for hydroxylation is 1. The van der Waals surface area contributed by atoms with E-state index in [1.807, 2.05) is 48.5 Å². The van der Waals surface area contributed by atoms with E-state index in [0.717, 1.165) is 16.7 Å². The van der Waals surface area contributed by atoms with Crippen LogP contribution in [0.5, 0.6) is 0 Å². The first-order valence-electron chi connectivity index (χ1n) is 15.1. The van der Waals surface area contributed by atoms with Crippen molar-refractivity contribution in [3.8, 4) is 0 Å². The minimum absolute atomic E-state index is 0.0532. The van der Waals surface area contributed by atoms with Gasteiger partial charge in [-0.05, 0) is 57.4 Å². The molecule has 1 saturated heterocycles. The van der Waals surface area contributed by atoms with E-state index in [2.05, 4.69) is 37.7 Å². The van der Waals surface area contributed by atoms with Crippen molar-refractivity contribution >= 4 is 35.3 Å². The number of amides is 1. The molecule has 3 heterocycles. The van der Waals surface area contributed by atoms with Crippen LogP contribution in [0.15, 0.2) is 102 Å². The lowest BCUT2D eigenvalue weighted by Crippen LogP contribution is -2.38. The molecule has 0 aliphatic carbocycles. The molecule has 5 aromatic rings. The number of carbonyl (C=O) groups is 3. The van der Waals surface area contributed by atoms with E-state index < -0.39 is 30.2 Å². The van der Waals surface area contributed by atoms with Gasteiger partial charge in [0.1, 0.15) is 0 Å². The summed E-state index contributed by atoms with van der Waals surface area (Å²) in [7, 11) is 1.78. The Hall–Kier alpha value is -5.21. The number of benzene rings is 4. The highest BCUT2D eigenvalue weighted by Crippen LogP contribution is 2.48. The van der Waals surface area contributed by atoms with Crippen molar-refractivity contribution in [2.75, 3.05) is 11.1 Å². The first-order chi connectivity index (χ1) is 23.4. The zero-order chi connectivity index (χ0) is 33.2. The Morgan fingerprint density at radius 3 is 2.40 bits per heavy atom. The van der Waals surface area contributed by atoms with Gasteiger partial charge in [-0.25, -0.2) is 14.3 Å². The maximum atomic E-state index is 13.2. The molecule has 2 aliphatic rings. The molecule has 48 heavy (non-hydrogen) atoms. The standard InChI is InChI=1S/C35H29N5O7S/c1-40-35(37-38-39-40)48-19-28-29(21-6-3-2-4-7-21)30(22-12-10-20(18-41)11-13-22)46-34(45-28)24-8-5-9-25(16-24)36-31(42)23-14-15-26-27(17-23)33(44)47-32(26)43/h2-17,28-30,34,41H,18-19H2,1H3,(H,36,42)/t28-,29-,30+,34?/m1/s1. The monoisotopic (exact) mass is 663 g/mol. The van der Waals surface area contributed by atoms with Gasteiger partial charge in [0.15, 0.2) is 6.29 Å². The molecule has 2 aliphatic heterocycles. The Kier molecular flexibility index (Phi) is 8.82. The largest absolute Gasteiger partial charge is 0.392 e. The Labute approximate surface area is 279 Å². The van der Waals surface area contributed by atoms with Crippen molar-refractivity contribution in [1.82, 2.24) is 20.2 Å². The maximum Gasteiger partial charge on any atom is 0.346 e. The van der Waals surface area contributed by atoms with Crippen molar-refractivity contribution in [2.24, 2.45) is 7.05 Å². The van der Waals surface area contributed by atoms with Gasteiger partial charge in [0.2, 0.25) is 5.16 Å². The van der Waals surface area contributed by atoms with Crippen LogP contribution >= 0.6 is 11.8 Å². The molecule has 4 atom stereocenters. The second-order valence-electron chi connectivity index (χ2n) is 11.3. The summed E-state index contributed by atoms with van der Waals surface area (Å²) in [4.78, 5) is 37.1. The predicted molar refractivity (Wildman–Crippen MR) is 173 cm³/mol. The number of cyclic esters (lactones) is 2. The van der Waals surface area contributed by atoms with Crippen LogP contribution in [0.2, 0.25) is 0 Å². The number of hydrogen-bond acceptors (Lipinski definition) is 11. The molecule has 7 rings (SSSR count). The topological polar surface area (TPSA) is 155 Å². The zero-order valence-electron chi connectivity index (χ0n) is 25.6. The number of thioether (sulfide) groups is 1. The molecule has 4 aromatic carbocycles. The fraction of sp³-hybridized carbons (Fsp3) is 0.200. The predicted octanol–water partition coefficient (Wildman–Crippen LogP) is 5.00. The lowest BCUT2D eigenvalue weighted by molar-refractivity contribution is -0.255. The number of anilines is 1. The molecule has 0 saturated carbocycles. The van der Waals surface area contributed by atoms with Gasteiger partial charge in [-0.3, -0.25) is 4.79 Å². The fourth-order valence-corrected chi connectivity index (χ4v) is 6.76. The molecular weight excluding hydrogens is 634 g/mol. The van der Waals surface area contributed by atoms with E-state index in [4.69, 9.17) is 9.47 Å². The number of aromatic nitrogens is 4. The molecule has 0 radical (unpaired) electrons. The third kappa shape index (κ3) is 6.36. The van der Waals surface area contributed by atoms with E-state index >= 15 is 0 Å². The van der Waals surface area contributed by atoms with Gasteiger partial charge in [-0.15, -0.1) is 5.10 Å². The summed E-state index contributed by atoms with van der Waals surface area (Å²) in [6, 6.07) is 29.1. The van der Waals surface area contributed by atoms with Crippen molar-refractivity contribution in [3.05, 3.63) is 136 Å². The quantitative estimate of drug-likeness (QED) is 0.124. The van der Waals surface area contributed by atoms with Crippen LogP contribution < -0.4 is 5.32 Å². The molecule has 0 bridgehead atoms. The number of hydrogen-bond donors (Lipinski definition) is 2. The summed E-state index contributed by atoms with van der Waals surface area (Å²) >= 11 is 1.48. The molecule has 242 valence electrons. The molecule has 1 aromatic heterocycles. The Morgan fingerprint density at radius 1 is 0.875 bits per heavy atom. The number of esters is 2. The number of aliphatic hydroxyl groups excluding tert-OH is 1. The minimum Gasteiger partial charge on any atom is -0.392 e. The fourth-order valence-electron chi connectivity index (χ4n) is 5.84. The van der Waals surface area contributed by atoms with E-state index in [0.29, 0.717) is 22.2 Å². The van der Waals surface area contributed by atoms with E-state index in [9.17, 15) is 19.5 Å². The van der Waals surface area contributed by atoms with Gasteiger partial charge in [-0.2, -0.15) is 0 Å². The summed E-state index contributed by atoms with van der Waals surface area (Å²) in [5.74, 6) is -1.68. The lowest BCUT2D eigenvalue weighted by atomic mass is 9.84. The van der Waals surface area contributed by atoms with Crippen LogP contribution in [0.1, 0.15) is 71.6 Å². The summed E-state index contributed by atoms with van der Waals surface area (Å²) < 4.78 is 19.8. The molecule has 0 spiro atoms. The zero-order valence-corrected chi connectivity index (χ0v) is 26.4. The van der Waals surface area contributed by atoms with E-state index in [-0.39, 0.29) is 35.3 Å². The van der Waals surface area contributed by atoms with Gasteiger partial charge >= 0.3 is 11.9 Å². The summed E-state index contributed by atoms with van der Waals surface area (Å²) in [6.07, 6.45) is -1.61. The van der Waals surface area contributed by atoms with Crippen molar-refractivity contribution in [1.29, 1.82) is 0 Å². The average molecular weight is 664 g/mol. The number of ether oxygens (including phenoxy) is 3. The maximum absolute atomic E-state index is 13.2. The molecule has 1 unspecified atom stereocenters. The number of fused-ring (bicyclic) bond motifs is 1. The molecule has 13 heteroatoms. The summed E-state index contributed by atoms with van der Waals surface area (Å²) in [6.45, 7) is -0.0726. The second-order valence-corrected chi connectivity index (χ2v) is 12.3. The highest BCUT2D eigenvalue weighted by molar-refractivity contribution is 7.99. The third-order valence-electron chi connectivity index (χ3n) is 8.25. The average Bonchev–Trinajstić information content (AvgIpc) is 3.67. The lowest BCUT2D eigenvalue weighted by Gasteiger charge is -2.43. The summed E-state index contributed by atoms with van der Waals surface area (Å²) in [5, 5.41) is 25.0. The molecule has 1 amide bonds. The number of rotatable bonds is 9. The SMILES string of the molecule is Cn1nnnc1SC[C@H]1OC(c2cccc(NC(=O)c3ccc4c(c3)C(=O)OC4=O)c2)O[C@@H](c2ccc(CO)cc2)[C@@H]1c1ccccc1. The minimum atomic E-state index is -0.812. The first-order valence-corrected chi connectivity index (χ1v) is 16.1. The number of carbonyl (C=O) groups excluding carboxylic acids is 3. The molecule has 2 N–H and O–H groups in total. The van der Waals surface area contributed by atoms with Crippen LogP contribution in [0.4, 0.5) is 5.69 Å². The van der Waals surface area contributed by atoms with Crippen LogP contribution in [0.3, 0.4) is 0 Å². The molecule has 12 nitrogen and oxygen atoms in total. The number of nitrogens with one attached hydrogen (secondary N) is 1. The molecule has 1 fully saturated rings. The Morgan fingerprint density at radius 2 is 1.65 bits per heavy atom. The first kappa shape index (κ1) is 31.4. The van der Waals surface area contributed by atoms with Gasteiger partial charge in [-0.1, -0.05) is 78.5 Å². The van der Waals surface area contributed by atoms with Gasteiger partial charge < -0.3 is 24.6 Å². The third-order valence-corrected chi connectivity index (χ3v) is 9.35. The molecular formula is C35H29N5O7S. The number of aliphatic hydroxyl groups is 1. The normalized spacial score (nSPS) is 20.3. The smallest absolute Gasteiger partial charge is 0.346 e.